The third kappa shape index (κ3) is 3.66. The lowest BCUT2D eigenvalue weighted by Crippen LogP contribution is -2.30. The van der Waals surface area contributed by atoms with E-state index in [2.05, 4.69) is 25.9 Å². The summed E-state index contributed by atoms with van der Waals surface area (Å²) >= 11 is 15.1. The second-order valence-corrected chi connectivity index (χ2v) is 7.07. The van der Waals surface area contributed by atoms with Crippen LogP contribution in [0.25, 0.3) is 11.2 Å². The molecule has 138 valence electrons. The van der Waals surface area contributed by atoms with E-state index >= 15 is 0 Å². The third-order valence-corrected chi connectivity index (χ3v) is 4.81. The van der Waals surface area contributed by atoms with Crippen LogP contribution in [-0.2, 0) is 13.6 Å². The molecule has 1 unspecified atom stereocenters. The van der Waals surface area contributed by atoms with Gasteiger partial charge in [-0.2, -0.15) is 0 Å². The molecular formula is C15H13BrCl2N4O4. The molecule has 0 fully saturated rings. The molecule has 0 radical (unpaired) electrons. The molecule has 1 aromatic carbocycles. The molecule has 0 amide bonds. The third-order valence-electron chi connectivity index (χ3n) is 3.68. The van der Waals surface area contributed by atoms with Crippen molar-refractivity contribution in [1.29, 1.82) is 0 Å². The molecule has 1 atom stereocenters. The summed E-state index contributed by atoms with van der Waals surface area (Å²) in [5.74, 6) is 0.380. The summed E-state index contributed by atoms with van der Waals surface area (Å²) in [6, 6.07) is 4.75. The van der Waals surface area contributed by atoms with Crippen LogP contribution in [0.15, 0.2) is 32.5 Å². The first-order valence-corrected chi connectivity index (χ1v) is 8.93. The van der Waals surface area contributed by atoms with Crippen LogP contribution in [0.2, 0.25) is 10.0 Å². The largest absolute Gasteiger partial charge is 0.489 e. The summed E-state index contributed by atoms with van der Waals surface area (Å²) < 4.78 is 8.48. The molecule has 11 heteroatoms. The van der Waals surface area contributed by atoms with E-state index in [4.69, 9.17) is 27.9 Å². The summed E-state index contributed by atoms with van der Waals surface area (Å²) in [7, 11) is 1.49. The van der Waals surface area contributed by atoms with E-state index in [1.165, 1.54) is 22.2 Å². The zero-order valence-electron chi connectivity index (χ0n) is 13.4. The number of hydrogen-bond donors (Lipinski definition) is 2. The number of ether oxygens (including phenoxy) is 1. The highest BCUT2D eigenvalue weighted by atomic mass is 79.9. The van der Waals surface area contributed by atoms with Crippen LogP contribution in [0.1, 0.15) is 0 Å². The summed E-state index contributed by atoms with van der Waals surface area (Å²) in [4.78, 5) is 30.2. The molecule has 3 rings (SSSR count). The van der Waals surface area contributed by atoms with E-state index in [0.717, 1.165) is 0 Å². The number of nitrogens with one attached hydrogen (secondary N) is 1. The summed E-state index contributed by atoms with van der Waals surface area (Å²) in [5, 5.41) is 11.1. The van der Waals surface area contributed by atoms with Gasteiger partial charge in [0.2, 0.25) is 0 Å². The number of aliphatic hydroxyl groups is 1. The van der Waals surface area contributed by atoms with Gasteiger partial charge in [-0.25, -0.2) is 9.78 Å². The van der Waals surface area contributed by atoms with Gasteiger partial charge in [-0.05, 0) is 34.1 Å². The fourth-order valence-electron chi connectivity index (χ4n) is 2.42. The number of halogens is 3. The van der Waals surface area contributed by atoms with Crippen LogP contribution in [0.3, 0.4) is 0 Å². The molecule has 0 bridgehead atoms. The lowest BCUT2D eigenvalue weighted by atomic mass is 10.3. The lowest BCUT2D eigenvalue weighted by molar-refractivity contribution is 0.0929. The van der Waals surface area contributed by atoms with E-state index in [-0.39, 0.29) is 24.3 Å². The van der Waals surface area contributed by atoms with Crippen molar-refractivity contribution in [3.05, 3.63) is 53.8 Å². The standard InChI is InChI=1S/C15H13BrCl2N4O4/c1-21-12-11(13(24)20-15(21)25)22(14(16)19-12)5-8(23)6-26-10-3-2-7(17)4-9(10)18/h2-4,8,23H,5-6H2,1H3,(H,20,24,25). The van der Waals surface area contributed by atoms with Gasteiger partial charge < -0.3 is 14.4 Å². The Hall–Kier alpha value is -1.81. The SMILES string of the molecule is Cn1c(=O)[nH]c(=O)c2c1nc(Br)n2CC(O)COc1ccc(Cl)cc1Cl. The Balaban J connectivity index is 1.82. The van der Waals surface area contributed by atoms with Gasteiger partial charge in [-0.3, -0.25) is 14.3 Å². The highest BCUT2D eigenvalue weighted by Gasteiger charge is 2.18. The molecule has 0 spiro atoms. The first-order chi connectivity index (χ1) is 12.3. The zero-order chi connectivity index (χ0) is 19.0. The van der Waals surface area contributed by atoms with Crippen LogP contribution in [0.5, 0.6) is 5.75 Å². The van der Waals surface area contributed by atoms with Gasteiger partial charge in [0.1, 0.15) is 18.5 Å². The number of aromatic nitrogens is 4. The van der Waals surface area contributed by atoms with E-state index in [1.807, 2.05) is 0 Å². The molecule has 0 aliphatic rings. The second kappa shape index (κ2) is 7.43. The van der Waals surface area contributed by atoms with Crippen molar-refractivity contribution >= 4 is 50.3 Å². The molecule has 26 heavy (non-hydrogen) atoms. The second-order valence-electron chi connectivity index (χ2n) is 5.52. The molecule has 8 nitrogen and oxygen atoms in total. The molecule has 2 heterocycles. The van der Waals surface area contributed by atoms with E-state index < -0.39 is 17.4 Å². The summed E-state index contributed by atoms with van der Waals surface area (Å²) in [6.07, 6.45) is -0.966. The number of aromatic amines is 1. The molecular weight excluding hydrogens is 451 g/mol. The topological polar surface area (TPSA) is 102 Å². The molecule has 0 saturated carbocycles. The van der Waals surface area contributed by atoms with E-state index in [1.54, 1.807) is 12.1 Å². The maximum Gasteiger partial charge on any atom is 0.329 e. The van der Waals surface area contributed by atoms with Crippen molar-refractivity contribution in [2.24, 2.45) is 7.05 Å². The lowest BCUT2D eigenvalue weighted by Gasteiger charge is -2.15. The number of imidazole rings is 1. The van der Waals surface area contributed by atoms with Crippen LogP contribution in [0.4, 0.5) is 0 Å². The Morgan fingerprint density at radius 1 is 1.38 bits per heavy atom. The normalized spacial score (nSPS) is 12.5. The van der Waals surface area contributed by atoms with Crippen molar-refractivity contribution in [2.75, 3.05) is 6.61 Å². The number of benzene rings is 1. The predicted octanol–water partition coefficient (Wildman–Crippen LogP) is 1.93. The molecule has 2 aromatic heterocycles. The van der Waals surface area contributed by atoms with Crippen LogP contribution in [0, 0.1) is 0 Å². The molecule has 0 saturated heterocycles. The number of hydrogen-bond acceptors (Lipinski definition) is 5. The average molecular weight is 464 g/mol. The zero-order valence-corrected chi connectivity index (χ0v) is 16.5. The van der Waals surface area contributed by atoms with Gasteiger partial charge in [0.15, 0.2) is 15.9 Å². The maximum atomic E-state index is 12.1. The minimum atomic E-state index is -0.966. The number of rotatable bonds is 5. The Bertz CT molecular complexity index is 1090. The minimum absolute atomic E-state index is 0.0174. The maximum absolute atomic E-state index is 12.1. The highest BCUT2D eigenvalue weighted by Crippen LogP contribution is 2.27. The molecule has 2 N–H and O–H groups in total. The predicted molar refractivity (Wildman–Crippen MR) is 101 cm³/mol. The smallest absolute Gasteiger partial charge is 0.329 e. The first kappa shape index (κ1) is 19.0. The van der Waals surface area contributed by atoms with Crippen molar-refractivity contribution in [2.45, 2.75) is 12.6 Å². The fraction of sp³-hybridized carbons (Fsp3) is 0.267. The number of aliphatic hydroxyl groups excluding tert-OH is 1. The van der Waals surface area contributed by atoms with Gasteiger partial charge >= 0.3 is 5.69 Å². The van der Waals surface area contributed by atoms with Crippen molar-refractivity contribution in [3.63, 3.8) is 0 Å². The Morgan fingerprint density at radius 3 is 2.81 bits per heavy atom. The van der Waals surface area contributed by atoms with Gasteiger partial charge in [-0.15, -0.1) is 0 Å². The fourth-order valence-corrected chi connectivity index (χ4v) is 3.37. The Morgan fingerprint density at radius 2 is 2.12 bits per heavy atom. The van der Waals surface area contributed by atoms with Gasteiger partial charge in [0.25, 0.3) is 5.56 Å². The molecule has 0 aliphatic carbocycles. The summed E-state index contributed by atoms with van der Waals surface area (Å²) in [5.41, 5.74) is -0.780. The number of fused-ring (bicyclic) bond motifs is 1. The van der Waals surface area contributed by atoms with Gasteiger partial charge in [-0.1, -0.05) is 23.2 Å². The highest BCUT2D eigenvalue weighted by molar-refractivity contribution is 9.10. The van der Waals surface area contributed by atoms with E-state index in [9.17, 15) is 14.7 Å². The minimum Gasteiger partial charge on any atom is -0.489 e. The Labute approximate surface area is 165 Å². The van der Waals surface area contributed by atoms with Gasteiger partial charge in [0, 0.05) is 12.1 Å². The quantitative estimate of drug-likeness (QED) is 0.563. The number of nitrogens with zero attached hydrogens (tertiary/aromatic N) is 3. The molecule has 3 aromatic rings. The monoisotopic (exact) mass is 462 g/mol. The average Bonchev–Trinajstić information content (AvgIpc) is 2.89. The number of aryl methyl sites for hydroxylation is 1. The van der Waals surface area contributed by atoms with Crippen molar-refractivity contribution in [3.8, 4) is 5.75 Å². The Kier molecular flexibility index (Phi) is 5.42. The van der Waals surface area contributed by atoms with Crippen LogP contribution >= 0.6 is 39.1 Å². The van der Waals surface area contributed by atoms with E-state index in [0.29, 0.717) is 20.5 Å². The van der Waals surface area contributed by atoms with Crippen molar-refractivity contribution < 1.29 is 9.84 Å². The number of H-pyrrole nitrogens is 1. The summed E-state index contributed by atoms with van der Waals surface area (Å²) in [6.45, 7) is -0.0549. The van der Waals surface area contributed by atoms with Crippen LogP contribution in [-0.4, -0.2) is 36.9 Å². The van der Waals surface area contributed by atoms with Crippen molar-refractivity contribution in [1.82, 2.24) is 19.1 Å². The molecule has 0 aliphatic heterocycles. The first-order valence-electron chi connectivity index (χ1n) is 7.39. The van der Waals surface area contributed by atoms with Crippen LogP contribution < -0.4 is 16.0 Å². The van der Waals surface area contributed by atoms with Gasteiger partial charge in [0.05, 0.1) is 11.6 Å².